The second-order valence-corrected chi connectivity index (χ2v) is 8.24. The lowest BCUT2D eigenvalue weighted by Gasteiger charge is -2.05. The first-order valence-corrected chi connectivity index (χ1v) is 13.2. The molecule has 0 aliphatic heterocycles. The van der Waals surface area contributed by atoms with Crippen LogP contribution in [0.5, 0.6) is 0 Å². The number of alkyl halides is 1. The SMILES string of the molecule is C=CCN.CC/C=C\C1=CC=C(C#Cc2ccc(NC(=O)CN/C=C/C(F)C/C=C(\C)F)cc2)C=C=C1.CNNC. The Morgan fingerprint density at radius 1 is 1.15 bits per heavy atom. The number of anilines is 1. The maximum Gasteiger partial charge on any atom is 0.243 e. The number of hydrogen-bond acceptors (Lipinski definition) is 5. The molecule has 0 fully saturated rings. The lowest BCUT2D eigenvalue weighted by atomic mass is 10.1. The van der Waals surface area contributed by atoms with Crippen LogP contribution in [0.1, 0.15) is 32.3 Å². The number of hydrazine groups is 1. The van der Waals surface area contributed by atoms with Crippen molar-refractivity contribution in [2.45, 2.75) is 32.9 Å². The van der Waals surface area contributed by atoms with Crippen molar-refractivity contribution >= 4 is 11.6 Å². The van der Waals surface area contributed by atoms with Gasteiger partial charge in [0.15, 0.2) is 0 Å². The molecule has 0 radical (unpaired) electrons. The highest BCUT2D eigenvalue weighted by Gasteiger charge is 2.02. The number of amides is 1. The van der Waals surface area contributed by atoms with Crippen molar-refractivity contribution in [2.75, 3.05) is 32.5 Å². The lowest BCUT2D eigenvalue weighted by molar-refractivity contribution is -0.115. The number of hydrogen-bond donors (Lipinski definition) is 5. The van der Waals surface area contributed by atoms with Gasteiger partial charge in [0, 0.05) is 29.8 Å². The number of allylic oxidation sites excluding steroid dienone is 10. The van der Waals surface area contributed by atoms with Gasteiger partial charge in [0.25, 0.3) is 0 Å². The highest BCUT2D eigenvalue weighted by molar-refractivity contribution is 5.92. The molecular weight excluding hydrogens is 520 g/mol. The van der Waals surface area contributed by atoms with Gasteiger partial charge in [0.1, 0.15) is 6.17 Å². The van der Waals surface area contributed by atoms with Crippen molar-refractivity contribution in [3.8, 4) is 11.8 Å². The first-order valence-electron chi connectivity index (χ1n) is 13.2. The number of rotatable bonds is 11. The topological polar surface area (TPSA) is 91.2 Å². The molecule has 41 heavy (non-hydrogen) atoms. The molecule has 1 aromatic carbocycles. The van der Waals surface area contributed by atoms with Gasteiger partial charge < -0.3 is 16.4 Å². The Balaban J connectivity index is 0.00000176. The van der Waals surface area contributed by atoms with E-state index < -0.39 is 12.0 Å². The van der Waals surface area contributed by atoms with Gasteiger partial charge in [0.2, 0.25) is 5.91 Å². The van der Waals surface area contributed by atoms with Crippen LogP contribution in [0.15, 0.2) is 114 Å². The minimum absolute atomic E-state index is 0.0142. The maximum absolute atomic E-state index is 13.5. The van der Waals surface area contributed by atoms with E-state index in [1.807, 2.05) is 50.5 Å². The molecule has 0 spiro atoms. The Morgan fingerprint density at radius 3 is 2.41 bits per heavy atom. The van der Waals surface area contributed by atoms with Crippen LogP contribution in [0.3, 0.4) is 0 Å². The molecule has 1 atom stereocenters. The number of benzene rings is 1. The summed E-state index contributed by atoms with van der Waals surface area (Å²) in [6.07, 6.45) is 16.9. The van der Waals surface area contributed by atoms with E-state index in [1.165, 1.54) is 25.3 Å². The molecule has 0 saturated heterocycles. The third-order valence-electron chi connectivity index (χ3n) is 4.74. The number of halogens is 2. The number of nitrogens with one attached hydrogen (secondary N) is 4. The van der Waals surface area contributed by atoms with Gasteiger partial charge >= 0.3 is 0 Å². The highest BCUT2D eigenvalue weighted by Crippen LogP contribution is 2.10. The third-order valence-corrected chi connectivity index (χ3v) is 4.74. The smallest absolute Gasteiger partial charge is 0.243 e. The van der Waals surface area contributed by atoms with Crippen LogP contribution < -0.4 is 27.2 Å². The van der Waals surface area contributed by atoms with Gasteiger partial charge in [0.05, 0.1) is 12.4 Å². The van der Waals surface area contributed by atoms with Crippen LogP contribution in [0.2, 0.25) is 0 Å². The molecule has 0 heterocycles. The Labute approximate surface area is 244 Å². The summed E-state index contributed by atoms with van der Waals surface area (Å²) in [5, 5.41) is 5.47. The fourth-order valence-corrected chi connectivity index (χ4v) is 2.61. The Kier molecular flexibility index (Phi) is 22.2. The normalized spacial score (nSPS) is 12.9. The van der Waals surface area contributed by atoms with Crippen molar-refractivity contribution in [1.29, 1.82) is 0 Å². The first kappa shape index (κ1) is 36.8. The van der Waals surface area contributed by atoms with Gasteiger partial charge in [-0.05, 0) is 93.9 Å². The molecule has 1 unspecified atom stereocenters. The van der Waals surface area contributed by atoms with E-state index in [0.29, 0.717) is 12.2 Å². The Morgan fingerprint density at radius 2 is 1.83 bits per heavy atom. The fourth-order valence-electron chi connectivity index (χ4n) is 2.61. The molecule has 1 amide bonds. The van der Waals surface area contributed by atoms with Crippen molar-refractivity contribution in [3.05, 3.63) is 120 Å². The molecule has 1 aliphatic rings. The van der Waals surface area contributed by atoms with E-state index in [2.05, 4.69) is 64.7 Å². The van der Waals surface area contributed by atoms with E-state index in [4.69, 9.17) is 5.73 Å². The minimum Gasteiger partial charge on any atom is -0.382 e. The van der Waals surface area contributed by atoms with E-state index in [9.17, 15) is 13.6 Å². The summed E-state index contributed by atoms with van der Waals surface area (Å²) in [7, 11) is 3.64. The molecule has 6 nitrogen and oxygen atoms in total. The average Bonchev–Trinajstić information content (AvgIpc) is 3.22. The van der Waals surface area contributed by atoms with Crippen LogP contribution >= 0.6 is 0 Å². The van der Waals surface area contributed by atoms with Crippen molar-refractivity contribution in [2.24, 2.45) is 5.73 Å². The van der Waals surface area contributed by atoms with E-state index in [1.54, 1.807) is 18.2 Å². The molecule has 0 saturated carbocycles. The van der Waals surface area contributed by atoms with Crippen LogP contribution in [-0.4, -0.2) is 39.3 Å². The van der Waals surface area contributed by atoms with Gasteiger partial charge in [-0.1, -0.05) is 43.1 Å². The van der Waals surface area contributed by atoms with Gasteiger partial charge in [-0.3, -0.25) is 15.6 Å². The second kappa shape index (κ2) is 24.8. The largest absolute Gasteiger partial charge is 0.382 e. The highest BCUT2D eigenvalue weighted by atomic mass is 19.1. The van der Waals surface area contributed by atoms with Crippen LogP contribution in [0, 0.1) is 11.8 Å². The molecule has 1 aromatic rings. The van der Waals surface area contributed by atoms with E-state index in [-0.39, 0.29) is 18.9 Å². The summed E-state index contributed by atoms with van der Waals surface area (Å²) < 4.78 is 26.0. The Hall–Kier alpha value is -4.25. The zero-order valence-electron chi connectivity index (χ0n) is 24.4. The first-order chi connectivity index (χ1) is 19.8. The van der Waals surface area contributed by atoms with E-state index >= 15 is 0 Å². The summed E-state index contributed by atoms with van der Waals surface area (Å²) in [4.78, 5) is 12.0. The maximum atomic E-state index is 13.5. The van der Waals surface area contributed by atoms with Crippen molar-refractivity contribution in [1.82, 2.24) is 16.2 Å². The zero-order chi connectivity index (χ0) is 30.7. The molecule has 220 valence electrons. The van der Waals surface area contributed by atoms with Crippen LogP contribution in [0.4, 0.5) is 14.5 Å². The summed E-state index contributed by atoms with van der Waals surface area (Å²) in [5.41, 5.74) is 16.8. The molecular formula is C33H43F2N5O. The second-order valence-electron chi connectivity index (χ2n) is 8.24. The van der Waals surface area contributed by atoms with Gasteiger partial charge in [-0.2, -0.15) is 0 Å². The molecule has 8 heteroatoms. The van der Waals surface area contributed by atoms with E-state index in [0.717, 1.165) is 23.1 Å². The number of carbonyl (C=O) groups excluding carboxylic acids is 1. The predicted molar refractivity (Wildman–Crippen MR) is 169 cm³/mol. The third kappa shape index (κ3) is 21.3. The van der Waals surface area contributed by atoms with Crippen molar-refractivity contribution in [3.63, 3.8) is 0 Å². The van der Waals surface area contributed by atoms with Gasteiger partial charge in [-0.15, -0.1) is 12.3 Å². The molecule has 1 aliphatic carbocycles. The number of carbonyl (C=O) groups is 1. The summed E-state index contributed by atoms with van der Waals surface area (Å²) in [5.74, 6) is 5.53. The summed E-state index contributed by atoms with van der Waals surface area (Å²) in [6.45, 7) is 7.28. The lowest BCUT2D eigenvalue weighted by Crippen LogP contribution is -2.24. The Bertz CT molecular complexity index is 1190. The zero-order valence-corrected chi connectivity index (χ0v) is 24.4. The molecule has 0 aromatic heterocycles. The molecule has 2 rings (SSSR count). The summed E-state index contributed by atoms with van der Waals surface area (Å²) in [6, 6.07) is 7.19. The molecule has 6 N–H and O–H groups in total. The monoisotopic (exact) mass is 563 g/mol. The number of nitrogens with two attached hydrogens (primary N) is 1. The van der Waals surface area contributed by atoms with Crippen LogP contribution in [-0.2, 0) is 4.79 Å². The molecule has 0 bridgehead atoms. The average molecular weight is 564 g/mol. The van der Waals surface area contributed by atoms with Crippen molar-refractivity contribution < 1.29 is 13.6 Å². The predicted octanol–water partition coefficient (Wildman–Crippen LogP) is 5.70. The standard InChI is InChI=1S/C28H28F2N2O.C3H7N.C2H8N2/c1-3-4-6-23-7-5-8-24(11-10-23)12-13-25-14-17-27(18-15-25)32-28(33)21-31-20-19-26(30)16-9-22(2)29;1-2-3-4;1-3-4-2/h4,6-11,14-15,17-20,26,31H,3,16,21H2,1-2H3,(H,32,33);2H,1,3-4H2;3-4H,1-2H3/b6-4-,20-19+,22-9+;;. The van der Waals surface area contributed by atoms with Crippen LogP contribution in [0.25, 0.3) is 0 Å². The van der Waals surface area contributed by atoms with Gasteiger partial charge in [-0.25, -0.2) is 8.78 Å². The quantitative estimate of drug-likeness (QED) is 0.103. The fraction of sp³-hybridized carbons (Fsp3) is 0.273. The summed E-state index contributed by atoms with van der Waals surface area (Å²) >= 11 is 0. The minimum atomic E-state index is -1.31.